The number of carbonyl (C=O) groups excluding carboxylic acids is 2. The number of hydrogen-bond donors (Lipinski definition) is 4. The first-order valence-corrected chi connectivity index (χ1v) is 18.2. The number of hydrogen-bond acceptors (Lipinski definition) is 9. The van der Waals surface area contributed by atoms with Gasteiger partial charge in [-0.2, -0.15) is 0 Å². The number of amides is 2. The zero-order valence-corrected chi connectivity index (χ0v) is 30.4. The summed E-state index contributed by atoms with van der Waals surface area (Å²) in [7, 11) is 3.33. The van der Waals surface area contributed by atoms with Crippen molar-refractivity contribution in [1.29, 1.82) is 0 Å². The molecule has 4 N–H and O–H groups in total. The molecular formula is C42H49N3O8. The summed E-state index contributed by atoms with van der Waals surface area (Å²) in [4.78, 5) is 26.0. The zero-order valence-electron chi connectivity index (χ0n) is 30.4. The molecule has 4 aromatic carbocycles. The number of benzene rings is 4. The lowest BCUT2D eigenvalue weighted by molar-refractivity contribution is -0.253. The van der Waals surface area contributed by atoms with Crippen LogP contribution in [-0.4, -0.2) is 60.4 Å². The molecule has 0 saturated carbocycles. The van der Waals surface area contributed by atoms with Gasteiger partial charge in [0.25, 0.3) is 0 Å². The van der Waals surface area contributed by atoms with Crippen molar-refractivity contribution in [2.24, 2.45) is 0 Å². The maximum atomic E-state index is 12.4. The van der Waals surface area contributed by atoms with E-state index in [1.54, 1.807) is 19.7 Å². The van der Waals surface area contributed by atoms with Gasteiger partial charge in [0.05, 0.1) is 33.0 Å². The van der Waals surface area contributed by atoms with Crippen LogP contribution in [0.15, 0.2) is 84.9 Å². The Balaban J connectivity index is 1.15. The van der Waals surface area contributed by atoms with E-state index in [1.807, 2.05) is 54.6 Å². The number of ether oxygens (including phenoxy) is 4. The Morgan fingerprint density at radius 1 is 0.811 bits per heavy atom. The summed E-state index contributed by atoms with van der Waals surface area (Å²) in [6.45, 7) is 2.80. The predicted molar refractivity (Wildman–Crippen MR) is 199 cm³/mol. The fourth-order valence-electron chi connectivity index (χ4n) is 7.06. The van der Waals surface area contributed by atoms with Crippen molar-refractivity contribution < 1.29 is 38.9 Å². The summed E-state index contributed by atoms with van der Waals surface area (Å²) >= 11 is 0. The number of aliphatic hydroxyl groups excluding tert-OH is 1. The standard InChI is InChI=1S/C42H49N3O8/c1-50-38-21-33-17-18-45(25-35(33)22-39(38)51-2)26-36-23-37(30-15-13-28(27-46)14-16-30)53-42(52-36)34-10-6-9-32(20-34)31-8-5-7-29(19-31)24-43-40(47)11-3-4-12-41(48)44-49/h5-10,13-16,19-22,36-37,42,46,49H,3-4,11-12,17-18,23-27H2,1-2H3,(H,43,47)(H,44,48)/t36-,37+,42+/m0/s1. The first-order chi connectivity index (χ1) is 25.8. The monoisotopic (exact) mass is 723 g/mol. The van der Waals surface area contributed by atoms with Crippen LogP contribution in [0.1, 0.15) is 77.9 Å². The van der Waals surface area contributed by atoms with Crippen molar-refractivity contribution >= 4 is 11.8 Å². The van der Waals surface area contributed by atoms with Crippen molar-refractivity contribution in [1.82, 2.24) is 15.7 Å². The van der Waals surface area contributed by atoms with Crippen LogP contribution in [0.2, 0.25) is 0 Å². The van der Waals surface area contributed by atoms with Crippen molar-refractivity contribution in [3.63, 3.8) is 0 Å². The molecule has 1 saturated heterocycles. The normalized spacial score (nSPS) is 18.5. The second-order valence-electron chi connectivity index (χ2n) is 13.7. The Morgan fingerprint density at radius 2 is 1.51 bits per heavy atom. The number of methoxy groups -OCH3 is 2. The number of hydroxylamine groups is 1. The fourth-order valence-corrected chi connectivity index (χ4v) is 7.06. The Morgan fingerprint density at radius 3 is 2.23 bits per heavy atom. The van der Waals surface area contributed by atoms with E-state index in [0.29, 0.717) is 32.2 Å². The van der Waals surface area contributed by atoms with Crippen LogP contribution in [0.3, 0.4) is 0 Å². The van der Waals surface area contributed by atoms with Gasteiger partial charge in [-0.25, -0.2) is 5.48 Å². The van der Waals surface area contributed by atoms with Gasteiger partial charge >= 0.3 is 0 Å². The Labute approximate surface area is 310 Å². The Kier molecular flexibility index (Phi) is 13.1. The van der Waals surface area contributed by atoms with Crippen LogP contribution < -0.4 is 20.3 Å². The van der Waals surface area contributed by atoms with Gasteiger partial charge in [-0.05, 0) is 82.5 Å². The zero-order chi connectivity index (χ0) is 37.2. The quantitative estimate of drug-likeness (QED) is 0.0647. The first-order valence-electron chi connectivity index (χ1n) is 18.2. The molecule has 53 heavy (non-hydrogen) atoms. The van der Waals surface area contributed by atoms with Gasteiger partial charge in [-0.15, -0.1) is 0 Å². The van der Waals surface area contributed by atoms with Crippen LogP contribution in [-0.2, 0) is 45.2 Å². The maximum Gasteiger partial charge on any atom is 0.243 e. The fraction of sp³-hybridized carbons (Fsp3) is 0.381. The molecule has 1 fully saturated rings. The summed E-state index contributed by atoms with van der Waals surface area (Å²) < 4.78 is 24.6. The van der Waals surface area contributed by atoms with E-state index >= 15 is 0 Å². The summed E-state index contributed by atoms with van der Waals surface area (Å²) in [6, 6.07) is 28.4. The van der Waals surface area contributed by atoms with E-state index in [1.165, 1.54) is 11.1 Å². The van der Waals surface area contributed by atoms with Gasteiger partial charge in [0, 0.05) is 51.0 Å². The minimum atomic E-state index is -0.594. The molecule has 6 rings (SSSR count). The second-order valence-corrected chi connectivity index (χ2v) is 13.7. The van der Waals surface area contributed by atoms with Gasteiger partial charge in [0.1, 0.15) is 0 Å². The molecule has 2 heterocycles. The van der Waals surface area contributed by atoms with E-state index in [9.17, 15) is 14.7 Å². The lowest BCUT2D eigenvalue weighted by Crippen LogP contribution is -2.41. The number of aliphatic hydroxyl groups is 1. The predicted octanol–water partition coefficient (Wildman–Crippen LogP) is 6.15. The van der Waals surface area contributed by atoms with Crippen LogP contribution in [0.4, 0.5) is 0 Å². The highest BCUT2D eigenvalue weighted by Gasteiger charge is 2.34. The molecule has 3 atom stereocenters. The van der Waals surface area contributed by atoms with Crippen LogP contribution in [0.25, 0.3) is 11.1 Å². The highest BCUT2D eigenvalue weighted by Crippen LogP contribution is 2.40. The lowest BCUT2D eigenvalue weighted by Gasteiger charge is -2.39. The van der Waals surface area contributed by atoms with E-state index in [-0.39, 0.29) is 31.1 Å². The third kappa shape index (κ3) is 10.0. The molecule has 0 spiro atoms. The number of nitrogens with one attached hydrogen (secondary N) is 2. The van der Waals surface area contributed by atoms with Gasteiger partial charge in [-0.1, -0.05) is 60.7 Å². The molecule has 2 aliphatic rings. The van der Waals surface area contributed by atoms with Crippen molar-refractivity contribution in [3.8, 4) is 22.6 Å². The summed E-state index contributed by atoms with van der Waals surface area (Å²) in [5.41, 5.74) is 9.91. The van der Waals surface area contributed by atoms with Gasteiger partial charge < -0.3 is 29.4 Å². The third-order valence-electron chi connectivity index (χ3n) is 9.97. The number of unbranched alkanes of at least 4 members (excludes halogenated alkanes) is 1. The van der Waals surface area contributed by atoms with Gasteiger partial charge in [0.15, 0.2) is 17.8 Å². The van der Waals surface area contributed by atoms with Crippen molar-refractivity contribution in [3.05, 3.63) is 118 Å². The largest absolute Gasteiger partial charge is 0.493 e. The number of rotatable bonds is 15. The average Bonchev–Trinajstić information content (AvgIpc) is 3.21. The summed E-state index contributed by atoms with van der Waals surface area (Å²) in [5, 5.41) is 21.2. The molecule has 280 valence electrons. The molecule has 0 unspecified atom stereocenters. The lowest BCUT2D eigenvalue weighted by atomic mass is 9.96. The Hall–Kier alpha value is -4.78. The van der Waals surface area contributed by atoms with E-state index in [0.717, 1.165) is 70.9 Å². The first kappa shape index (κ1) is 38.0. The number of fused-ring (bicyclic) bond motifs is 1. The molecule has 0 radical (unpaired) electrons. The molecule has 11 heteroatoms. The van der Waals surface area contributed by atoms with Crippen LogP contribution >= 0.6 is 0 Å². The van der Waals surface area contributed by atoms with Crippen molar-refractivity contribution in [2.45, 2.75) is 76.7 Å². The van der Waals surface area contributed by atoms with Gasteiger partial charge in [-0.3, -0.25) is 19.7 Å². The van der Waals surface area contributed by atoms with Crippen LogP contribution in [0.5, 0.6) is 11.5 Å². The number of carbonyl (C=O) groups is 2. The summed E-state index contributed by atoms with van der Waals surface area (Å²) in [6.07, 6.45) is 2.28. The Bertz CT molecular complexity index is 1850. The molecule has 0 aromatic heterocycles. The van der Waals surface area contributed by atoms with E-state index in [2.05, 4.69) is 40.5 Å². The molecule has 4 aromatic rings. The van der Waals surface area contributed by atoms with Gasteiger partial charge in [0.2, 0.25) is 11.8 Å². The highest BCUT2D eigenvalue weighted by molar-refractivity contribution is 5.76. The van der Waals surface area contributed by atoms with Crippen LogP contribution in [0, 0.1) is 0 Å². The van der Waals surface area contributed by atoms with E-state index < -0.39 is 12.2 Å². The topological polar surface area (TPSA) is 139 Å². The molecule has 0 bridgehead atoms. The SMILES string of the molecule is COc1cc2c(cc1OC)CN(C[C@@H]1C[C@H](c3ccc(CO)cc3)O[C@H](c3cccc(-c4cccc(CNC(=O)CCCCC(=O)NO)c4)c3)O1)CC2. The highest BCUT2D eigenvalue weighted by atomic mass is 16.7. The minimum absolute atomic E-state index is 0.0129. The smallest absolute Gasteiger partial charge is 0.243 e. The average molecular weight is 724 g/mol. The molecule has 2 amide bonds. The minimum Gasteiger partial charge on any atom is -0.493 e. The molecule has 11 nitrogen and oxygen atoms in total. The molecule has 0 aliphatic carbocycles. The number of nitrogens with zero attached hydrogens (tertiary/aromatic N) is 1. The molecular weight excluding hydrogens is 674 g/mol. The summed E-state index contributed by atoms with van der Waals surface area (Å²) in [5.74, 6) is 0.948. The van der Waals surface area contributed by atoms with E-state index in [4.69, 9.17) is 24.2 Å². The second kappa shape index (κ2) is 18.3. The van der Waals surface area contributed by atoms with Crippen molar-refractivity contribution in [2.75, 3.05) is 27.3 Å². The maximum absolute atomic E-state index is 12.4. The molecule has 2 aliphatic heterocycles. The third-order valence-corrected chi connectivity index (χ3v) is 9.97.